The third kappa shape index (κ3) is 2.01. The molecule has 2 nitrogen and oxygen atoms in total. The second-order valence-electron chi connectivity index (χ2n) is 2.79. The van der Waals surface area contributed by atoms with E-state index in [4.69, 9.17) is 16.3 Å². The zero-order valence-electron chi connectivity index (χ0n) is 7.58. The van der Waals surface area contributed by atoms with E-state index in [1.165, 1.54) is 0 Å². The van der Waals surface area contributed by atoms with Crippen LogP contribution in [0.15, 0.2) is 18.2 Å². The maximum Gasteiger partial charge on any atom is 0.141 e. The van der Waals surface area contributed by atoms with E-state index < -0.39 is 0 Å². The van der Waals surface area contributed by atoms with Crippen LogP contribution in [-0.2, 0) is 4.79 Å². The number of hydrogen-bond acceptors (Lipinski definition) is 2. The van der Waals surface area contributed by atoms with E-state index in [9.17, 15) is 4.79 Å². The van der Waals surface area contributed by atoms with Gasteiger partial charge in [-0.1, -0.05) is 30.7 Å². The summed E-state index contributed by atoms with van der Waals surface area (Å²) in [7, 11) is 1.54. The van der Waals surface area contributed by atoms with E-state index in [0.29, 0.717) is 10.8 Å². The monoisotopic (exact) mass is 198 g/mol. The van der Waals surface area contributed by atoms with Crippen LogP contribution in [0.25, 0.3) is 0 Å². The van der Waals surface area contributed by atoms with Crippen molar-refractivity contribution < 1.29 is 9.53 Å². The van der Waals surface area contributed by atoms with Crippen molar-refractivity contribution in [2.24, 2.45) is 0 Å². The van der Waals surface area contributed by atoms with Crippen molar-refractivity contribution >= 4 is 17.9 Å². The number of methoxy groups -OCH3 is 1. The lowest BCUT2D eigenvalue weighted by atomic mass is 10.0. The van der Waals surface area contributed by atoms with Crippen molar-refractivity contribution in [3.8, 4) is 5.75 Å². The molecule has 0 aromatic heterocycles. The number of hydrogen-bond donors (Lipinski definition) is 0. The van der Waals surface area contributed by atoms with Gasteiger partial charge in [0.05, 0.1) is 12.1 Å². The quantitative estimate of drug-likeness (QED) is 0.698. The van der Waals surface area contributed by atoms with Gasteiger partial charge in [0.15, 0.2) is 0 Å². The molecule has 1 unspecified atom stereocenters. The second-order valence-corrected chi connectivity index (χ2v) is 3.19. The van der Waals surface area contributed by atoms with Gasteiger partial charge in [-0.15, -0.1) is 0 Å². The summed E-state index contributed by atoms with van der Waals surface area (Å²) in [6.07, 6.45) is 0.869. The Morgan fingerprint density at radius 2 is 2.23 bits per heavy atom. The minimum atomic E-state index is -0.186. The van der Waals surface area contributed by atoms with Gasteiger partial charge in [-0.25, -0.2) is 0 Å². The molecule has 1 aromatic rings. The molecule has 1 aromatic carbocycles. The third-order valence-electron chi connectivity index (χ3n) is 1.90. The fourth-order valence-corrected chi connectivity index (χ4v) is 1.43. The van der Waals surface area contributed by atoms with E-state index in [1.54, 1.807) is 26.2 Å². The molecule has 0 spiro atoms. The molecule has 0 saturated heterocycles. The Morgan fingerprint density at radius 3 is 2.77 bits per heavy atom. The maximum atomic E-state index is 10.6. The summed E-state index contributed by atoms with van der Waals surface area (Å²) in [4.78, 5) is 10.6. The van der Waals surface area contributed by atoms with Crippen LogP contribution in [0.5, 0.6) is 5.75 Å². The van der Waals surface area contributed by atoms with Crippen LogP contribution in [-0.4, -0.2) is 13.4 Å². The molecule has 1 atom stereocenters. The summed E-state index contributed by atoms with van der Waals surface area (Å²) >= 11 is 5.89. The number of carbonyl (C=O) groups excluding carboxylic acids is 1. The van der Waals surface area contributed by atoms with Gasteiger partial charge in [-0.2, -0.15) is 0 Å². The zero-order valence-corrected chi connectivity index (χ0v) is 8.34. The van der Waals surface area contributed by atoms with Crippen LogP contribution >= 0.6 is 11.6 Å². The molecule has 0 radical (unpaired) electrons. The topological polar surface area (TPSA) is 26.3 Å². The summed E-state index contributed by atoms with van der Waals surface area (Å²) in [5, 5.41) is 0.536. The minimum absolute atomic E-state index is 0.186. The second kappa shape index (κ2) is 4.28. The van der Waals surface area contributed by atoms with Crippen molar-refractivity contribution in [2.45, 2.75) is 12.8 Å². The molecule has 3 heteroatoms. The highest BCUT2D eigenvalue weighted by atomic mass is 35.5. The molecular formula is C10H11ClO2. The average molecular weight is 199 g/mol. The summed E-state index contributed by atoms with van der Waals surface area (Å²) < 4.78 is 5.11. The summed E-state index contributed by atoms with van der Waals surface area (Å²) in [5.74, 6) is 0.400. The van der Waals surface area contributed by atoms with Gasteiger partial charge in [0, 0.05) is 11.5 Å². The molecule has 0 saturated carbocycles. The van der Waals surface area contributed by atoms with Gasteiger partial charge >= 0.3 is 0 Å². The van der Waals surface area contributed by atoms with Gasteiger partial charge in [-0.3, -0.25) is 0 Å². The van der Waals surface area contributed by atoms with E-state index in [-0.39, 0.29) is 5.92 Å². The van der Waals surface area contributed by atoms with E-state index in [2.05, 4.69) is 0 Å². The predicted octanol–water partition coefficient (Wildman–Crippen LogP) is 2.65. The van der Waals surface area contributed by atoms with Gasteiger partial charge in [-0.05, 0) is 6.07 Å². The number of aldehydes is 1. The Morgan fingerprint density at radius 1 is 1.54 bits per heavy atom. The maximum absolute atomic E-state index is 10.6. The first-order valence-corrected chi connectivity index (χ1v) is 4.36. The summed E-state index contributed by atoms with van der Waals surface area (Å²) in [6, 6.07) is 5.38. The fourth-order valence-electron chi connectivity index (χ4n) is 1.17. The molecule has 0 N–H and O–H groups in total. The first-order valence-electron chi connectivity index (χ1n) is 3.98. The summed E-state index contributed by atoms with van der Waals surface area (Å²) in [5.41, 5.74) is 0.824. The number of rotatable bonds is 3. The number of para-hydroxylation sites is 1. The minimum Gasteiger partial charge on any atom is -0.495 e. The normalized spacial score (nSPS) is 12.2. The highest BCUT2D eigenvalue weighted by Gasteiger charge is 2.12. The lowest BCUT2D eigenvalue weighted by Gasteiger charge is -2.11. The van der Waals surface area contributed by atoms with Crippen molar-refractivity contribution in [3.63, 3.8) is 0 Å². The van der Waals surface area contributed by atoms with Crippen molar-refractivity contribution in [3.05, 3.63) is 28.8 Å². The molecule has 0 heterocycles. The smallest absolute Gasteiger partial charge is 0.141 e. The highest BCUT2D eigenvalue weighted by Crippen LogP contribution is 2.32. The molecule has 0 fully saturated rings. The molecule has 1 rings (SSSR count). The molecule has 0 amide bonds. The Kier molecular flexibility index (Phi) is 3.32. The van der Waals surface area contributed by atoms with Crippen LogP contribution in [0.3, 0.4) is 0 Å². The van der Waals surface area contributed by atoms with Crippen LogP contribution in [0.1, 0.15) is 18.4 Å². The molecule has 0 aliphatic rings. The zero-order chi connectivity index (χ0) is 9.84. The number of ether oxygens (including phenoxy) is 1. The van der Waals surface area contributed by atoms with Crippen molar-refractivity contribution in [2.75, 3.05) is 7.11 Å². The molecule has 0 bridgehead atoms. The van der Waals surface area contributed by atoms with E-state index in [0.717, 1.165) is 11.8 Å². The van der Waals surface area contributed by atoms with Crippen molar-refractivity contribution in [1.82, 2.24) is 0 Å². The molecule has 0 aliphatic carbocycles. The van der Waals surface area contributed by atoms with Gasteiger partial charge in [0.1, 0.15) is 12.0 Å². The SMILES string of the molecule is COc1c(Cl)cccc1C(C)C=O. The molecule has 13 heavy (non-hydrogen) atoms. The Labute approximate surface area is 82.5 Å². The first-order chi connectivity index (χ1) is 6.20. The van der Waals surface area contributed by atoms with E-state index >= 15 is 0 Å². The molecular weight excluding hydrogens is 188 g/mol. The predicted molar refractivity (Wildman–Crippen MR) is 52.5 cm³/mol. The Balaban J connectivity index is 3.19. The largest absolute Gasteiger partial charge is 0.495 e. The standard InChI is InChI=1S/C10H11ClO2/c1-7(6-12)8-4-3-5-9(11)10(8)13-2/h3-7H,1-2H3. The van der Waals surface area contributed by atoms with Crippen LogP contribution in [0, 0.1) is 0 Å². The molecule has 0 aliphatic heterocycles. The molecule has 70 valence electrons. The van der Waals surface area contributed by atoms with Crippen LogP contribution in [0.4, 0.5) is 0 Å². The van der Waals surface area contributed by atoms with Gasteiger partial charge in [0.2, 0.25) is 0 Å². The lowest BCUT2D eigenvalue weighted by molar-refractivity contribution is -0.108. The van der Waals surface area contributed by atoms with E-state index in [1.807, 2.05) is 6.07 Å². The van der Waals surface area contributed by atoms with Crippen LogP contribution < -0.4 is 4.74 Å². The Bertz CT molecular complexity index is 310. The van der Waals surface area contributed by atoms with Gasteiger partial charge < -0.3 is 9.53 Å². The van der Waals surface area contributed by atoms with Crippen molar-refractivity contribution in [1.29, 1.82) is 0 Å². The third-order valence-corrected chi connectivity index (χ3v) is 2.19. The fraction of sp³-hybridized carbons (Fsp3) is 0.300. The van der Waals surface area contributed by atoms with Gasteiger partial charge in [0.25, 0.3) is 0 Å². The lowest BCUT2D eigenvalue weighted by Crippen LogP contribution is -1.98. The highest BCUT2D eigenvalue weighted by molar-refractivity contribution is 6.32. The number of benzene rings is 1. The first kappa shape index (κ1) is 10.1. The summed E-state index contributed by atoms with van der Waals surface area (Å²) in [6.45, 7) is 1.81. The average Bonchev–Trinajstić information content (AvgIpc) is 2.16. The number of carbonyl (C=O) groups is 1. The van der Waals surface area contributed by atoms with Crippen LogP contribution in [0.2, 0.25) is 5.02 Å². The Hall–Kier alpha value is -1.02. The number of halogens is 1.